The molecular weight excluding hydrogens is 338 g/mol. The summed E-state index contributed by atoms with van der Waals surface area (Å²) in [5.41, 5.74) is 1.60. The van der Waals surface area contributed by atoms with Crippen molar-refractivity contribution in [3.63, 3.8) is 0 Å². The molecule has 2 rings (SSSR count). The monoisotopic (exact) mass is 362 g/mol. The van der Waals surface area contributed by atoms with E-state index in [9.17, 15) is 13.6 Å². The van der Waals surface area contributed by atoms with Crippen LogP contribution >= 0.6 is 0 Å². The van der Waals surface area contributed by atoms with Crippen molar-refractivity contribution in [2.75, 3.05) is 13.6 Å². The molecule has 0 bridgehead atoms. The normalized spacial score (nSPS) is 13.5. The lowest BCUT2D eigenvalue weighted by Crippen LogP contribution is -2.39. The van der Waals surface area contributed by atoms with Gasteiger partial charge in [0.25, 0.3) is 0 Å². The number of carbonyl (C=O) groups is 1. The molecule has 0 spiro atoms. The fourth-order valence-corrected chi connectivity index (χ4v) is 2.76. The van der Waals surface area contributed by atoms with Crippen molar-refractivity contribution in [3.8, 4) is 5.75 Å². The van der Waals surface area contributed by atoms with Gasteiger partial charge in [0.05, 0.1) is 6.04 Å². The zero-order valence-electron chi connectivity index (χ0n) is 15.2. The molecule has 2 unspecified atom stereocenters. The van der Waals surface area contributed by atoms with Crippen LogP contribution in [0.25, 0.3) is 0 Å². The van der Waals surface area contributed by atoms with Crippen LogP contribution in [0.2, 0.25) is 0 Å². The van der Waals surface area contributed by atoms with Gasteiger partial charge in [-0.1, -0.05) is 49.4 Å². The van der Waals surface area contributed by atoms with Crippen LogP contribution in [0.5, 0.6) is 5.75 Å². The van der Waals surface area contributed by atoms with Crippen LogP contribution in [0, 0.1) is 0 Å². The molecule has 1 amide bonds. The number of ether oxygens (including phenoxy) is 1. The van der Waals surface area contributed by atoms with Crippen molar-refractivity contribution in [2.45, 2.75) is 32.5 Å². The van der Waals surface area contributed by atoms with E-state index in [0.717, 1.165) is 5.56 Å². The highest BCUT2D eigenvalue weighted by Gasteiger charge is 2.25. The van der Waals surface area contributed by atoms with Crippen molar-refractivity contribution >= 4 is 5.91 Å². The van der Waals surface area contributed by atoms with Gasteiger partial charge in [0.2, 0.25) is 5.91 Å². The number of rotatable bonds is 8. The Hall–Kier alpha value is -2.47. The van der Waals surface area contributed by atoms with Gasteiger partial charge in [0.15, 0.2) is 0 Å². The van der Waals surface area contributed by atoms with Crippen LogP contribution in [0.15, 0.2) is 54.6 Å². The SMILES string of the molecule is CCN(C)C(C(=O)NC(C)c1cccc(OC(F)F)c1)c1ccccc1. The third kappa shape index (κ3) is 5.26. The lowest BCUT2D eigenvalue weighted by Gasteiger charge is -2.28. The Morgan fingerprint density at radius 3 is 2.38 bits per heavy atom. The van der Waals surface area contributed by atoms with Crippen LogP contribution in [-0.4, -0.2) is 31.0 Å². The Kier molecular flexibility index (Phi) is 7.09. The smallest absolute Gasteiger partial charge is 0.387 e. The van der Waals surface area contributed by atoms with Gasteiger partial charge in [-0.2, -0.15) is 8.78 Å². The zero-order chi connectivity index (χ0) is 19.1. The molecule has 0 saturated heterocycles. The summed E-state index contributed by atoms with van der Waals surface area (Å²) in [6.45, 7) is 1.63. The molecule has 140 valence electrons. The molecular formula is C20H24F2N2O2. The number of amides is 1. The summed E-state index contributed by atoms with van der Waals surface area (Å²) >= 11 is 0. The number of hydrogen-bond acceptors (Lipinski definition) is 3. The van der Waals surface area contributed by atoms with Crippen LogP contribution in [0.3, 0.4) is 0 Å². The molecule has 26 heavy (non-hydrogen) atoms. The van der Waals surface area contributed by atoms with E-state index < -0.39 is 12.7 Å². The maximum Gasteiger partial charge on any atom is 0.387 e. The van der Waals surface area contributed by atoms with Crippen molar-refractivity contribution < 1.29 is 18.3 Å². The molecule has 1 N–H and O–H groups in total. The molecule has 0 aromatic heterocycles. The van der Waals surface area contributed by atoms with Gasteiger partial charge < -0.3 is 10.1 Å². The summed E-state index contributed by atoms with van der Waals surface area (Å²) < 4.78 is 29.2. The molecule has 2 aromatic rings. The van der Waals surface area contributed by atoms with Gasteiger partial charge in [-0.25, -0.2) is 0 Å². The topological polar surface area (TPSA) is 41.6 Å². The number of nitrogens with zero attached hydrogens (tertiary/aromatic N) is 1. The van der Waals surface area contributed by atoms with E-state index in [-0.39, 0.29) is 17.7 Å². The molecule has 0 saturated carbocycles. The number of nitrogens with one attached hydrogen (secondary N) is 1. The Morgan fingerprint density at radius 1 is 1.12 bits per heavy atom. The fourth-order valence-electron chi connectivity index (χ4n) is 2.76. The quantitative estimate of drug-likeness (QED) is 0.767. The van der Waals surface area contributed by atoms with Crippen LogP contribution in [0.1, 0.15) is 37.1 Å². The maximum absolute atomic E-state index is 12.9. The summed E-state index contributed by atoms with van der Waals surface area (Å²) in [6.07, 6.45) is 0. The predicted molar refractivity (Wildman–Crippen MR) is 97.1 cm³/mol. The number of hydrogen-bond donors (Lipinski definition) is 1. The number of likely N-dealkylation sites (N-methyl/N-ethyl adjacent to an activating group) is 1. The van der Waals surface area contributed by atoms with Gasteiger partial charge in [-0.3, -0.25) is 9.69 Å². The highest BCUT2D eigenvalue weighted by Crippen LogP contribution is 2.24. The highest BCUT2D eigenvalue weighted by molar-refractivity contribution is 5.83. The van der Waals surface area contributed by atoms with Crippen molar-refractivity contribution in [1.82, 2.24) is 10.2 Å². The van der Waals surface area contributed by atoms with E-state index >= 15 is 0 Å². The molecule has 2 aromatic carbocycles. The summed E-state index contributed by atoms with van der Waals surface area (Å²) in [5.74, 6) is -0.0721. The number of benzene rings is 2. The molecule has 0 aliphatic rings. The Balaban J connectivity index is 2.15. The van der Waals surface area contributed by atoms with Crippen molar-refractivity contribution in [1.29, 1.82) is 0 Å². The minimum absolute atomic E-state index is 0.0730. The summed E-state index contributed by atoms with van der Waals surface area (Å²) in [4.78, 5) is 14.8. The second-order valence-electron chi connectivity index (χ2n) is 6.07. The number of halogens is 2. The molecule has 6 heteroatoms. The maximum atomic E-state index is 12.9. The lowest BCUT2D eigenvalue weighted by molar-refractivity contribution is -0.126. The third-order valence-corrected chi connectivity index (χ3v) is 4.25. The van der Waals surface area contributed by atoms with E-state index in [4.69, 9.17) is 0 Å². The predicted octanol–water partition coefficient (Wildman–Crippen LogP) is 4.16. The van der Waals surface area contributed by atoms with Crippen LogP contribution in [0.4, 0.5) is 8.78 Å². The molecule has 4 nitrogen and oxygen atoms in total. The largest absolute Gasteiger partial charge is 0.435 e. The highest BCUT2D eigenvalue weighted by atomic mass is 19.3. The first-order chi connectivity index (χ1) is 12.4. The third-order valence-electron chi connectivity index (χ3n) is 4.25. The second kappa shape index (κ2) is 9.29. The standard InChI is InChI=1S/C20H24F2N2O2/c1-4-24(3)18(15-9-6-5-7-10-15)19(25)23-14(2)16-11-8-12-17(13-16)26-20(21)22/h5-14,18,20H,4H2,1-3H3,(H,23,25). The molecule has 0 heterocycles. The second-order valence-corrected chi connectivity index (χ2v) is 6.07. The number of carbonyl (C=O) groups excluding carboxylic acids is 1. The first-order valence-electron chi connectivity index (χ1n) is 8.52. The average molecular weight is 362 g/mol. The van der Waals surface area contributed by atoms with E-state index in [1.54, 1.807) is 12.1 Å². The van der Waals surface area contributed by atoms with Crippen LogP contribution in [-0.2, 0) is 4.79 Å². The zero-order valence-corrected chi connectivity index (χ0v) is 15.2. The van der Waals surface area contributed by atoms with Gasteiger partial charge in [0, 0.05) is 0 Å². The van der Waals surface area contributed by atoms with Gasteiger partial charge >= 0.3 is 6.61 Å². The van der Waals surface area contributed by atoms with E-state index in [0.29, 0.717) is 12.1 Å². The average Bonchev–Trinajstić information content (AvgIpc) is 2.62. The first-order valence-corrected chi connectivity index (χ1v) is 8.52. The molecule has 0 aliphatic heterocycles. The number of alkyl halides is 2. The fraction of sp³-hybridized carbons (Fsp3) is 0.350. The van der Waals surface area contributed by atoms with Gasteiger partial charge in [0.1, 0.15) is 11.8 Å². The lowest BCUT2D eigenvalue weighted by atomic mass is 10.0. The molecule has 0 aliphatic carbocycles. The van der Waals surface area contributed by atoms with Gasteiger partial charge in [-0.05, 0) is 43.8 Å². The van der Waals surface area contributed by atoms with E-state index in [1.807, 2.05) is 56.1 Å². The Morgan fingerprint density at radius 2 is 1.77 bits per heavy atom. The molecule has 2 atom stereocenters. The summed E-state index contributed by atoms with van der Waals surface area (Å²) in [6, 6.07) is 15.1. The Labute approximate surface area is 152 Å². The summed E-state index contributed by atoms with van der Waals surface area (Å²) in [5, 5.41) is 2.97. The van der Waals surface area contributed by atoms with Crippen molar-refractivity contribution in [3.05, 3.63) is 65.7 Å². The molecule has 0 radical (unpaired) electrons. The van der Waals surface area contributed by atoms with Gasteiger partial charge in [-0.15, -0.1) is 0 Å². The van der Waals surface area contributed by atoms with E-state index in [2.05, 4.69) is 10.1 Å². The van der Waals surface area contributed by atoms with Crippen molar-refractivity contribution in [2.24, 2.45) is 0 Å². The first kappa shape index (κ1) is 19.8. The molecule has 0 fully saturated rings. The minimum Gasteiger partial charge on any atom is -0.435 e. The van der Waals surface area contributed by atoms with Crippen LogP contribution < -0.4 is 10.1 Å². The van der Waals surface area contributed by atoms with E-state index in [1.165, 1.54) is 12.1 Å². The minimum atomic E-state index is -2.88. The Bertz CT molecular complexity index is 710. The summed E-state index contributed by atoms with van der Waals surface area (Å²) in [7, 11) is 1.89.